The predicted octanol–water partition coefficient (Wildman–Crippen LogP) is 1.27. The minimum absolute atomic E-state index is 0.260. The van der Waals surface area contributed by atoms with Gasteiger partial charge in [0.05, 0.1) is 0 Å². The number of benzene rings is 1. The number of nitrogens with two attached hydrogens (primary N) is 1. The van der Waals surface area contributed by atoms with E-state index in [0.29, 0.717) is 11.0 Å². The quantitative estimate of drug-likeness (QED) is 0.830. The van der Waals surface area contributed by atoms with Crippen LogP contribution in [-0.4, -0.2) is 38.0 Å². The minimum atomic E-state index is -0.817. The second-order valence-electron chi connectivity index (χ2n) is 4.26. The van der Waals surface area contributed by atoms with Gasteiger partial charge in [-0.2, -0.15) is 0 Å². The Morgan fingerprint density at radius 2 is 2.22 bits per heavy atom. The van der Waals surface area contributed by atoms with E-state index in [0.717, 1.165) is 6.54 Å². The number of amides is 1. The summed E-state index contributed by atoms with van der Waals surface area (Å²) in [7, 11) is 3.83. The van der Waals surface area contributed by atoms with Crippen LogP contribution in [0.4, 0.5) is 4.39 Å². The Kier molecular flexibility index (Phi) is 5.71. The van der Waals surface area contributed by atoms with Crippen molar-refractivity contribution in [2.45, 2.75) is 6.04 Å². The van der Waals surface area contributed by atoms with Crippen molar-refractivity contribution in [1.29, 1.82) is 0 Å². The molecule has 3 N–H and O–H groups in total. The number of halogens is 2. The van der Waals surface area contributed by atoms with Gasteiger partial charge in [-0.05, 0) is 32.3 Å². The van der Waals surface area contributed by atoms with Crippen LogP contribution in [0.25, 0.3) is 0 Å². The highest BCUT2D eigenvalue weighted by molar-refractivity contribution is 9.10. The lowest BCUT2D eigenvalue weighted by Gasteiger charge is -2.18. The predicted molar refractivity (Wildman–Crippen MR) is 72.6 cm³/mol. The van der Waals surface area contributed by atoms with Crippen LogP contribution in [0.1, 0.15) is 11.6 Å². The lowest BCUT2D eigenvalue weighted by Crippen LogP contribution is -2.37. The molecule has 1 amide bonds. The SMILES string of the molecule is CN(C)CCNC(C(N)=O)c1cc(Br)ccc1F. The van der Waals surface area contributed by atoms with Crippen molar-refractivity contribution in [2.24, 2.45) is 5.73 Å². The summed E-state index contributed by atoms with van der Waals surface area (Å²) in [5.41, 5.74) is 5.57. The molecule has 0 aromatic heterocycles. The van der Waals surface area contributed by atoms with Crippen molar-refractivity contribution >= 4 is 21.8 Å². The van der Waals surface area contributed by atoms with Gasteiger partial charge in [-0.15, -0.1) is 0 Å². The smallest absolute Gasteiger partial charge is 0.239 e. The second kappa shape index (κ2) is 6.82. The third-order valence-corrected chi connectivity index (χ3v) is 2.95. The fourth-order valence-electron chi connectivity index (χ4n) is 1.53. The van der Waals surface area contributed by atoms with Crippen molar-refractivity contribution < 1.29 is 9.18 Å². The maximum Gasteiger partial charge on any atom is 0.239 e. The van der Waals surface area contributed by atoms with E-state index >= 15 is 0 Å². The van der Waals surface area contributed by atoms with Crippen molar-refractivity contribution in [3.05, 3.63) is 34.1 Å². The average molecular weight is 318 g/mol. The van der Waals surface area contributed by atoms with Crippen LogP contribution in [-0.2, 0) is 4.79 Å². The van der Waals surface area contributed by atoms with Gasteiger partial charge in [0.15, 0.2) is 0 Å². The maximum atomic E-state index is 13.7. The Morgan fingerprint density at radius 3 is 2.78 bits per heavy atom. The van der Waals surface area contributed by atoms with Crippen molar-refractivity contribution in [2.75, 3.05) is 27.2 Å². The first-order chi connectivity index (χ1) is 8.41. The van der Waals surface area contributed by atoms with Crippen molar-refractivity contribution in [1.82, 2.24) is 10.2 Å². The van der Waals surface area contributed by atoms with Crippen LogP contribution >= 0.6 is 15.9 Å². The molecule has 0 saturated carbocycles. The monoisotopic (exact) mass is 317 g/mol. The number of primary amides is 1. The van der Waals surface area contributed by atoms with Crippen LogP contribution in [0.2, 0.25) is 0 Å². The molecular weight excluding hydrogens is 301 g/mol. The summed E-state index contributed by atoms with van der Waals surface area (Å²) in [5, 5.41) is 2.96. The zero-order valence-corrected chi connectivity index (χ0v) is 12.0. The summed E-state index contributed by atoms with van der Waals surface area (Å²) in [5.74, 6) is -1.04. The first kappa shape index (κ1) is 15.1. The normalized spacial score (nSPS) is 12.7. The van der Waals surface area contributed by atoms with Crippen LogP contribution in [0, 0.1) is 5.82 Å². The molecule has 1 aromatic carbocycles. The Hall–Kier alpha value is -0.980. The lowest BCUT2D eigenvalue weighted by molar-refractivity contribution is -0.120. The van der Waals surface area contributed by atoms with Gasteiger partial charge in [0, 0.05) is 23.1 Å². The lowest BCUT2D eigenvalue weighted by atomic mass is 10.1. The van der Waals surface area contributed by atoms with Gasteiger partial charge in [0.2, 0.25) is 5.91 Å². The number of carbonyl (C=O) groups is 1. The Balaban J connectivity index is 2.84. The van der Waals surface area contributed by atoms with Crippen LogP contribution in [0.15, 0.2) is 22.7 Å². The van der Waals surface area contributed by atoms with Gasteiger partial charge >= 0.3 is 0 Å². The van der Waals surface area contributed by atoms with E-state index in [-0.39, 0.29) is 5.56 Å². The number of hydrogen-bond donors (Lipinski definition) is 2. The molecule has 4 nitrogen and oxygen atoms in total. The zero-order valence-electron chi connectivity index (χ0n) is 10.4. The van der Waals surface area contributed by atoms with E-state index in [1.165, 1.54) is 6.07 Å². The van der Waals surface area contributed by atoms with Gasteiger partial charge in [-0.3, -0.25) is 4.79 Å². The molecule has 18 heavy (non-hydrogen) atoms. The molecule has 0 aliphatic heterocycles. The molecule has 1 rings (SSSR count). The molecule has 0 spiro atoms. The molecule has 0 aliphatic carbocycles. The van der Waals surface area contributed by atoms with Gasteiger partial charge in [-0.25, -0.2) is 4.39 Å². The van der Waals surface area contributed by atoms with E-state index in [1.807, 2.05) is 19.0 Å². The molecule has 0 aliphatic rings. The number of nitrogens with zero attached hydrogens (tertiary/aromatic N) is 1. The third kappa shape index (κ3) is 4.36. The van der Waals surface area contributed by atoms with Crippen molar-refractivity contribution in [3.8, 4) is 0 Å². The maximum absolute atomic E-state index is 13.7. The summed E-state index contributed by atoms with van der Waals surface area (Å²) in [6.07, 6.45) is 0. The number of likely N-dealkylation sites (N-methyl/N-ethyl adjacent to an activating group) is 1. The van der Waals surface area contributed by atoms with E-state index in [4.69, 9.17) is 5.73 Å². The number of hydrogen-bond acceptors (Lipinski definition) is 3. The first-order valence-corrected chi connectivity index (χ1v) is 6.33. The van der Waals surface area contributed by atoms with Crippen molar-refractivity contribution in [3.63, 3.8) is 0 Å². The fraction of sp³-hybridized carbons (Fsp3) is 0.417. The largest absolute Gasteiger partial charge is 0.368 e. The molecule has 1 unspecified atom stereocenters. The van der Waals surface area contributed by atoms with Crippen LogP contribution in [0.3, 0.4) is 0 Å². The molecule has 0 bridgehead atoms. The standard InChI is InChI=1S/C12H17BrFN3O/c1-17(2)6-5-16-11(12(15)18)9-7-8(13)3-4-10(9)14/h3-4,7,11,16H,5-6H2,1-2H3,(H2,15,18). The van der Waals surface area contributed by atoms with Gasteiger partial charge < -0.3 is 16.0 Å². The van der Waals surface area contributed by atoms with Gasteiger partial charge in [0.25, 0.3) is 0 Å². The van der Waals surface area contributed by atoms with E-state index < -0.39 is 17.8 Å². The zero-order chi connectivity index (χ0) is 13.7. The van der Waals surface area contributed by atoms with Gasteiger partial charge in [-0.1, -0.05) is 15.9 Å². The molecule has 0 heterocycles. The number of rotatable bonds is 6. The second-order valence-corrected chi connectivity index (χ2v) is 5.17. The average Bonchev–Trinajstić information content (AvgIpc) is 2.27. The highest BCUT2D eigenvalue weighted by atomic mass is 79.9. The Morgan fingerprint density at radius 1 is 1.56 bits per heavy atom. The molecule has 6 heteroatoms. The molecular formula is C12H17BrFN3O. The summed E-state index contributed by atoms with van der Waals surface area (Å²) < 4.78 is 14.4. The molecule has 0 fully saturated rings. The number of carbonyl (C=O) groups excluding carboxylic acids is 1. The summed E-state index contributed by atoms with van der Waals surface area (Å²) in [6.45, 7) is 1.28. The molecule has 0 radical (unpaired) electrons. The Labute approximate surface area is 114 Å². The van der Waals surface area contributed by atoms with E-state index in [1.54, 1.807) is 12.1 Å². The summed E-state index contributed by atoms with van der Waals surface area (Å²) in [4.78, 5) is 13.4. The molecule has 100 valence electrons. The van der Waals surface area contributed by atoms with Gasteiger partial charge in [0.1, 0.15) is 11.9 Å². The summed E-state index contributed by atoms with van der Waals surface area (Å²) >= 11 is 3.25. The van der Waals surface area contributed by atoms with E-state index in [2.05, 4.69) is 21.2 Å². The van der Waals surface area contributed by atoms with Crippen LogP contribution < -0.4 is 11.1 Å². The first-order valence-electron chi connectivity index (χ1n) is 5.54. The molecule has 0 saturated heterocycles. The molecule has 1 aromatic rings. The summed E-state index contributed by atoms with van der Waals surface area (Å²) in [6, 6.07) is 3.63. The topological polar surface area (TPSA) is 58.4 Å². The molecule has 1 atom stereocenters. The van der Waals surface area contributed by atoms with Crippen LogP contribution in [0.5, 0.6) is 0 Å². The highest BCUT2D eigenvalue weighted by Gasteiger charge is 2.20. The number of nitrogens with one attached hydrogen (secondary N) is 1. The van der Waals surface area contributed by atoms with E-state index in [9.17, 15) is 9.18 Å². The third-order valence-electron chi connectivity index (χ3n) is 2.46. The Bertz CT molecular complexity index is 426. The fourth-order valence-corrected chi connectivity index (χ4v) is 1.91. The minimum Gasteiger partial charge on any atom is -0.368 e. The highest BCUT2D eigenvalue weighted by Crippen LogP contribution is 2.21.